The average molecular weight is 227 g/mol. The van der Waals surface area contributed by atoms with E-state index >= 15 is 0 Å². The molecule has 0 bridgehead atoms. The summed E-state index contributed by atoms with van der Waals surface area (Å²) in [6.07, 6.45) is 1.14. The highest BCUT2D eigenvalue weighted by Gasteiger charge is 2.05. The van der Waals surface area contributed by atoms with E-state index in [9.17, 15) is 0 Å². The molecule has 1 atom stereocenters. The molecule has 1 unspecified atom stereocenters. The third kappa shape index (κ3) is 3.75. The number of hydrogen-bond acceptors (Lipinski definition) is 1. The van der Waals surface area contributed by atoms with Gasteiger partial charge in [0.2, 0.25) is 0 Å². The molecule has 15 heavy (non-hydrogen) atoms. The molecular weight excluding hydrogens is 208 g/mol. The summed E-state index contributed by atoms with van der Waals surface area (Å²) in [5.41, 5.74) is 2.31. The van der Waals surface area contributed by atoms with Crippen LogP contribution in [0.1, 0.15) is 31.4 Å². The molecule has 0 N–H and O–H groups in total. The molecule has 84 valence electrons. The monoisotopic (exact) mass is 226 g/mol. The van der Waals surface area contributed by atoms with Crippen molar-refractivity contribution < 1.29 is 4.74 Å². The second-order valence-corrected chi connectivity index (χ2v) is 4.34. The molecule has 2 heteroatoms. The van der Waals surface area contributed by atoms with Gasteiger partial charge in [-0.2, -0.15) is 0 Å². The summed E-state index contributed by atoms with van der Waals surface area (Å²) in [6, 6.07) is 6.15. The third-order valence-electron chi connectivity index (χ3n) is 2.58. The first kappa shape index (κ1) is 12.4. The molecule has 0 radical (unpaired) electrons. The van der Waals surface area contributed by atoms with Gasteiger partial charge in [-0.15, -0.1) is 11.6 Å². The van der Waals surface area contributed by atoms with Crippen LogP contribution in [-0.4, -0.2) is 6.61 Å². The molecule has 1 aromatic rings. The van der Waals surface area contributed by atoms with E-state index in [1.165, 1.54) is 5.56 Å². The van der Waals surface area contributed by atoms with Gasteiger partial charge in [-0.05, 0) is 18.9 Å². The Bertz CT molecular complexity index is 309. The Labute approximate surface area is 97.4 Å². The maximum absolute atomic E-state index is 5.87. The molecule has 0 aliphatic heterocycles. The van der Waals surface area contributed by atoms with Crippen molar-refractivity contribution in [2.75, 3.05) is 6.61 Å². The lowest BCUT2D eigenvalue weighted by Gasteiger charge is -2.13. The van der Waals surface area contributed by atoms with E-state index in [2.05, 4.69) is 32.9 Å². The molecule has 0 amide bonds. The molecule has 1 nitrogen and oxygen atoms in total. The zero-order valence-corrected chi connectivity index (χ0v) is 10.5. The van der Waals surface area contributed by atoms with Crippen LogP contribution in [0, 0.1) is 12.8 Å². The molecular formula is C13H19ClO. The normalized spacial score (nSPS) is 12.5. The second kappa shape index (κ2) is 6.02. The fourth-order valence-electron chi connectivity index (χ4n) is 1.30. The van der Waals surface area contributed by atoms with Crippen LogP contribution in [0.25, 0.3) is 0 Å². The van der Waals surface area contributed by atoms with Crippen LogP contribution < -0.4 is 4.74 Å². The predicted octanol–water partition coefficient (Wildman–Crippen LogP) is 4.16. The van der Waals surface area contributed by atoms with Gasteiger partial charge in [0.1, 0.15) is 5.75 Å². The molecule has 0 aromatic heterocycles. The average Bonchev–Trinajstić information content (AvgIpc) is 2.26. The van der Waals surface area contributed by atoms with Crippen molar-refractivity contribution in [3.63, 3.8) is 0 Å². The Morgan fingerprint density at radius 3 is 2.73 bits per heavy atom. The lowest BCUT2D eigenvalue weighted by molar-refractivity contribution is 0.255. The van der Waals surface area contributed by atoms with Gasteiger partial charge in [0.15, 0.2) is 0 Å². The molecule has 0 aliphatic carbocycles. The topological polar surface area (TPSA) is 9.23 Å². The van der Waals surface area contributed by atoms with Crippen LogP contribution in [0.2, 0.25) is 0 Å². The highest BCUT2D eigenvalue weighted by Crippen LogP contribution is 2.22. The lowest BCUT2D eigenvalue weighted by Crippen LogP contribution is -2.08. The number of aryl methyl sites for hydroxylation is 1. The highest BCUT2D eigenvalue weighted by molar-refractivity contribution is 6.17. The third-order valence-corrected chi connectivity index (χ3v) is 2.87. The van der Waals surface area contributed by atoms with Crippen LogP contribution in [-0.2, 0) is 5.88 Å². The standard InChI is InChI=1S/C13H19ClO/c1-4-10(2)9-15-13-6-5-11(3)7-12(13)8-14/h5-7,10H,4,8-9H2,1-3H3. The number of ether oxygens (including phenoxy) is 1. The first-order chi connectivity index (χ1) is 7.17. The fourth-order valence-corrected chi connectivity index (χ4v) is 1.51. The minimum atomic E-state index is 0.511. The van der Waals surface area contributed by atoms with Gasteiger partial charge in [0, 0.05) is 5.56 Å². The first-order valence-electron chi connectivity index (χ1n) is 5.45. The van der Waals surface area contributed by atoms with Crippen molar-refractivity contribution >= 4 is 11.6 Å². The van der Waals surface area contributed by atoms with Gasteiger partial charge in [-0.3, -0.25) is 0 Å². The van der Waals surface area contributed by atoms with Crippen LogP contribution in [0.3, 0.4) is 0 Å². The Hall–Kier alpha value is -0.690. The number of alkyl halides is 1. The van der Waals surface area contributed by atoms with Gasteiger partial charge in [0.05, 0.1) is 12.5 Å². The number of hydrogen-bond donors (Lipinski definition) is 0. The zero-order chi connectivity index (χ0) is 11.3. The van der Waals surface area contributed by atoms with E-state index in [-0.39, 0.29) is 0 Å². The largest absolute Gasteiger partial charge is 0.493 e. The van der Waals surface area contributed by atoms with Gasteiger partial charge in [-0.1, -0.05) is 38.0 Å². The van der Waals surface area contributed by atoms with Gasteiger partial charge in [-0.25, -0.2) is 0 Å². The van der Waals surface area contributed by atoms with Gasteiger partial charge >= 0.3 is 0 Å². The highest BCUT2D eigenvalue weighted by atomic mass is 35.5. The minimum absolute atomic E-state index is 0.511. The molecule has 0 saturated heterocycles. The van der Waals surface area contributed by atoms with Gasteiger partial charge < -0.3 is 4.74 Å². The number of benzene rings is 1. The van der Waals surface area contributed by atoms with E-state index in [1.807, 2.05) is 6.07 Å². The predicted molar refractivity (Wildman–Crippen MR) is 65.7 cm³/mol. The van der Waals surface area contributed by atoms with E-state index in [0.29, 0.717) is 11.8 Å². The van der Waals surface area contributed by atoms with Crippen molar-refractivity contribution in [2.45, 2.75) is 33.1 Å². The summed E-state index contributed by atoms with van der Waals surface area (Å²) in [5.74, 6) is 2.03. The molecule has 1 aromatic carbocycles. The summed E-state index contributed by atoms with van der Waals surface area (Å²) in [6.45, 7) is 7.19. The van der Waals surface area contributed by atoms with E-state index in [0.717, 1.165) is 24.3 Å². The molecule has 0 spiro atoms. The van der Waals surface area contributed by atoms with Crippen LogP contribution in [0.15, 0.2) is 18.2 Å². The van der Waals surface area contributed by atoms with Crippen LogP contribution >= 0.6 is 11.6 Å². The maximum Gasteiger partial charge on any atom is 0.123 e. The summed E-state index contributed by atoms with van der Waals surface area (Å²) >= 11 is 5.87. The SMILES string of the molecule is CCC(C)COc1ccc(C)cc1CCl. The second-order valence-electron chi connectivity index (χ2n) is 4.07. The fraction of sp³-hybridized carbons (Fsp3) is 0.538. The minimum Gasteiger partial charge on any atom is -0.493 e. The van der Waals surface area contributed by atoms with Gasteiger partial charge in [0.25, 0.3) is 0 Å². The zero-order valence-electron chi connectivity index (χ0n) is 9.72. The Kier molecular flexibility index (Phi) is 4.97. The molecule has 0 saturated carbocycles. The van der Waals surface area contributed by atoms with E-state index < -0.39 is 0 Å². The molecule has 0 heterocycles. The molecule has 0 fully saturated rings. The van der Waals surface area contributed by atoms with E-state index in [1.54, 1.807) is 0 Å². The number of halogens is 1. The van der Waals surface area contributed by atoms with Crippen molar-refractivity contribution in [2.24, 2.45) is 5.92 Å². The van der Waals surface area contributed by atoms with Crippen molar-refractivity contribution in [3.8, 4) is 5.75 Å². The smallest absolute Gasteiger partial charge is 0.123 e. The first-order valence-corrected chi connectivity index (χ1v) is 5.99. The molecule has 0 aliphatic rings. The maximum atomic E-state index is 5.87. The van der Waals surface area contributed by atoms with Crippen molar-refractivity contribution in [1.29, 1.82) is 0 Å². The Morgan fingerprint density at radius 1 is 1.40 bits per heavy atom. The Morgan fingerprint density at radius 2 is 2.13 bits per heavy atom. The van der Waals surface area contributed by atoms with Crippen molar-refractivity contribution in [3.05, 3.63) is 29.3 Å². The lowest BCUT2D eigenvalue weighted by atomic mass is 10.1. The quantitative estimate of drug-likeness (QED) is 0.686. The van der Waals surface area contributed by atoms with Crippen LogP contribution in [0.5, 0.6) is 5.75 Å². The summed E-state index contributed by atoms with van der Waals surface area (Å²) in [5, 5.41) is 0. The van der Waals surface area contributed by atoms with Crippen molar-refractivity contribution in [1.82, 2.24) is 0 Å². The number of rotatable bonds is 5. The summed E-state index contributed by atoms with van der Waals surface area (Å²) in [7, 11) is 0. The Balaban J connectivity index is 2.67. The summed E-state index contributed by atoms with van der Waals surface area (Å²) < 4.78 is 5.75. The summed E-state index contributed by atoms with van der Waals surface area (Å²) in [4.78, 5) is 0. The van der Waals surface area contributed by atoms with Crippen LogP contribution in [0.4, 0.5) is 0 Å². The van der Waals surface area contributed by atoms with E-state index in [4.69, 9.17) is 16.3 Å². The molecule has 1 rings (SSSR count).